The van der Waals surface area contributed by atoms with Crippen molar-refractivity contribution in [3.8, 4) is 11.6 Å². The molecule has 1 saturated carbocycles. The van der Waals surface area contributed by atoms with Crippen LogP contribution in [0.15, 0.2) is 28.2 Å². The molecule has 9 heteroatoms. The van der Waals surface area contributed by atoms with E-state index in [9.17, 15) is 0 Å². The molecule has 0 aromatic carbocycles. The van der Waals surface area contributed by atoms with E-state index < -0.39 is 5.54 Å². The zero-order chi connectivity index (χ0) is 14.3. The number of nitrogens with two attached hydrogens (primary N) is 1. The first-order chi connectivity index (χ1) is 10.2. The molecule has 0 bridgehead atoms. The summed E-state index contributed by atoms with van der Waals surface area (Å²) >= 11 is 1.68. The van der Waals surface area contributed by atoms with E-state index in [1.54, 1.807) is 22.2 Å². The van der Waals surface area contributed by atoms with Gasteiger partial charge in [0.2, 0.25) is 0 Å². The van der Waals surface area contributed by atoms with Gasteiger partial charge in [0.1, 0.15) is 0 Å². The Morgan fingerprint density at radius 1 is 1.41 bits per heavy atom. The molecule has 0 unspecified atom stereocenters. The van der Waals surface area contributed by atoms with Gasteiger partial charge in [-0.25, -0.2) is 4.68 Å². The number of hydrogen-bond acceptors (Lipinski definition) is 7. The highest BCUT2D eigenvalue weighted by atomic mass is 35.5. The van der Waals surface area contributed by atoms with Gasteiger partial charge in [0.15, 0.2) is 11.5 Å². The summed E-state index contributed by atoms with van der Waals surface area (Å²) in [6, 6.07) is 4.08. The van der Waals surface area contributed by atoms with Crippen LogP contribution in [0, 0.1) is 0 Å². The molecule has 3 heterocycles. The van der Waals surface area contributed by atoms with Crippen LogP contribution in [0.2, 0.25) is 0 Å². The molecule has 1 fully saturated rings. The molecule has 0 spiro atoms. The van der Waals surface area contributed by atoms with Crippen molar-refractivity contribution in [3.63, 3.8) is 0 Å². The van der Waals surface area contributed by atoms with Crippen LogP contribution in [-0.2, 0) is 12.1 Å². The Kier molecular flexibility index (Phi) is 3.98. The molecular weight excluding hydrogens is 324 g/mol. The zero-order valence-electron chi connectivity index (χ0n) is 11.7. The number of hydrogen-bond donors (Lipinski definition) is 1. The maximum atomic E-state index is 6.19. The Balaban J connectivity index is 0.00000144. The van der Waals surface area contributed by atoms with Gasteiger partial charge in [0.05, 0.1) is 18.3 Å². The van der Waals surface area contributed by atoms with Crippen molar-refractivity contribution in [1.82, 2.24) is 25.1 Å². The van der Waals surface area contributed by atoms with Crippen LogP contribution in [0.4, 0.5) is 0 Å². The smallest absolute Gasteiger partial charge is 0.280 e. The van der Waals surface area contributed by atoms with Gasteiger partial charge in [-0.1, -0.05) is 16.4 Å². The molecule has 116 valence electrons. The van der Waals surface area contributed by atoms with Gasteiger partial charge in [0.25, 0.3) is 5.89 Å². The standard InChI is InChI=1S/C13H14N6OS.ClH/c14-13(4-2-5-13)12-15-11(20-17-12)10-8-19(18-16-10)7-9-3-1-6-21-9;/h1,3,6,8H,2,4-5,7,14H2;1H. The van der Waals surface area contributed by atoms with E-state index in [1.807, 2.05) is 11.4 Å². The van der Waals surface area contributed by atoms with E-state index in [4.69, 9.17) is 10.3 Å². The summed E-state index contributed by atoms with van der Waals surface area (Å²) in [6.07, 6.45) is 4.71. The van der Waals surface area contributed by atoms with E-state index in [1.165, 1.54) is 4.88 Å². The SMILES string of the molecule is Cl.NC1(c2noc(-c3cn(Cc4cccs4)nn3)n2)CCC1. The molecule has 0 saturated heterocycles. The van der Waals surface area contributed by atoms with Crippen LogP contribution >= 0.6 is 23.7 Å². The first-order valence-corrected chi connectivity index (χ1v) is 7.67. The fourth-order valence-electron chi connectivity index (χ4n) is 2.35. The number of halogens is 1. The monoisotopic (exact) mass is 338 g/mol. The Morgan fingerprint density at radius 2 is 2.27 bits per heavy atom. The van der Waals surface area contributed by atoms with E-state index in [0.29, 0.717) is 24.0 Å². The largest absolute Gasteiger partial charge is 0.332 e. The summed E-state index contributed by atoms with van der Waals surface area (Å²) in [4.78, 5) is 5.58. The molecule has 3 aromatic rings. The molecule has 0 atom stereocenters. The van der Waals surface area contributed by atoms with Crippen LogP contribution in [0.3, 0.4) is 0 Å². The van der Waals surface area contributed by atoms with Gasteiger partial charge in [-0.2, -0.15) is 4.98 Å². The first-order valence-electron chi connectivity index (χ1n) is 6.79. The van der Waals surface area contributed by atoms with Gasteiger partial charge >= 0.3 is 0 Å². The molecule has 4 rings (SSSR count). The molecule has 0 radical (unpaired) electrons. The third-order valence-corrected chi connectivity index (χ3v) is 4.63. The normalized spacial score (nSPS) is 16.0. The molecule has 0 amide bonds. The van der Waals surface area contributed by atoms with Crippen molar-refractivity contribution >= 4 is 23.7 Å². The topological polar surface area (TPSA) is 95.7 Å². The Hall–Kier alpha value is -1.77. The lowest BCUT2D eigenvalue weighted by Gasteiger charge is -2.34. The summed E-state index contributed by atoms with van der Waals surface area (Å²) in [5.41, 5.74) is 6.34. The summed E-state index contributed by atoms with van der Waals surface area (Å²) < 4.78 is 7.02. The Labute approximate surface area is 136 Å². The van der Waals surface area contributed by atoms with Gasteiger partial charge in [-0.3, -0.25) is 0 Å². The fourth-order valence-corrected chi connectivity index (χ4v) is 3.04. The molecule has 7 nitrogen and oxygen atoms in total. The molecular formula is C13H15ClN6OS. The molecule has 1 aliphatic rings. The average molecular weight is 339 g/mol. The molecule has 0 aliphatic heterocycles. The summed E-state index contributed by atoms with van der Waals surface area (Å²) in [7, 11) is 0. The number of rotatable bonds is 4. The number of aromatic nitrogens is 5. The quantitative estimate of drug-likeness (QED) is 0.783. The number of nitrogens with zero attached hydrogens (tertiary/aromatic N) is 5. The van der Waals surface area contributed by atoms with E-state index in [2.05, 4.69) is 26.5 Å². The molecule has 22 heavy (non-hydrogen) atoms. The van der Waals surface area contributed by atoms with Gasteiger partial charge in [-0.15, -0.1) is 28.8 Å². The molecule has 3 aromatic heterocycles. The van der Waals surface area contributed by atoms with Gasteiger partial charge < -0.3 is 10.3 Å². The van der Waals surface area contributed by atoms with Gasteiger partial charge in [-0.05, 0) is 30.7 Å². The number of thiophene rings is 1. The lowest BCUT2D eigenvalue weighted by atomic mass is 9.77. The van der Waals surface area contributed by atoms with Crippen molar-refractivity contribution in [2.45, 2.75) is 31.3 Å². The molecule has 1 aliphatic carbocycles. The van der Waals surface area contributed by atoms with Crippen LogP contribution < -0.4 is 5.73 Å². The Bertz CT molecular complexity index is 748. The van der Waals surface area contributed by atoms with Crippen LogP contribution in [0.1, 0.15) is 30.0 Å². The second kappa shape index (κ2) is 5.79. The molecule has 2 N–H and O–H groups in total. The van der Waals surface area contributed by atoms with E-state index in [0.717, 1.165) is 19.3 Å². The third-order valence-electron chi connectivity index (χ3n) is 3.77. The summed E-state index contributed by atoms with van der Waals surface area (Å²) in [5.74, 6) is 0.940. The summed E-state index contributed by atoms with van der Waals surface area (Å²) in [5, 5.41) is 14.2. The van der Waals surface area contributed by atoms with Crippen molar-refractivity contribution < 1.29 is 4.52 Å². The lowest BCUT2D eigenvalue weighted by molar-refractivity contribution is 0.229. The average Bonchev–Trinajstić information content (AvgIpc) is 3.17. The van der Waals surface area contributed by atoms with Crippen molar-refractivity contribution in [3.05, 3.63) is 34.4 Å². The predicted molar refractivity (Wildman–Crippen MR) is 83.7 cm³/mol. The first kappa shape index (κ1) is 15.1. The van der Waals surface area contributed by atoms with Crippen molar-refractivity contribution in [2.24, 2.45) is 5.73 Å². The van der Waals surface area contributed by atoms with Crippen LogP contribution in [-0.4, -0.2) is 25.1 Å². The highest BCUT2D eigenvalue weighted by Gasteiger charge is 2.39. The lowest BCUT2D eigenvalue weighted by Crippen LogP contribution is -2.44. The van der Waals surface area contributed by atoms with Gasteiger partial charge in [0, 0.05) is 4.88 Å². The minimum atomic E-state index is -0.422. The predicted octanol–water partition coefficient (Wildman–Crippen LogP) is 2.20. The minimum Gasteiger partial charge on any atom is -0.332 e. The van der Waals surface area contributed by atoms with E-state index in [-0.39, 0.29) is 12.4 Å². The highest BCUT2D eigenvalue weighted by molar-refractivity contribution is 7.09. The minimum absolute atomic E-state index is 0. The Morgan fingerprint density at radius 3 is 2.95 bits per heavy atom. The maximum Gasteiger partial charge on any atom is 0.280 e. The zero-order valence-corrected chi connectivity index (χ0v) is 13.3. The fraction of sp³-hybridized carbons (Fsp3) is 0.385. The third kappa shape index (κ3) is 2.65. The van der Waals surface area contributed by atoms with Crippen LogP contribution in [0.5, 0.6) is 0 Å². The van der Waals surface area contributed by atoms with Crippen molar-refractivity contribution in [2.75, 3.05) is 0 Å². The second-order valence-electron chi connectivity index (χ2n) is 5.31. The van der Waals surface area contributed by atoms with Crippen LogP contribution in [0.25, 0.3) is 11.6 Å². The van der Waals surface area contributed by atoms with E-state index >= 15 is 0 Å². The highest BCUT2D eigenvalue weighted by Crippen LogP contribution is 2.37. The van der Waals surface area contributed by atoms with Crippen molar-refractivity contribution in [1.29, 1.82) is 0 Å². The second-order valence-corrected chi connectivity index (χ2v) is 6.35. The summed E-state index contributed by atoms with van der Waals surface area (Å²) in [6.45, 7) is 0.687. The maximum absolute atomic E-state index is 6.19.